The Bertz CT molecular complexity index is 637. The van der Waals surface area contributed by atoms with E-state index in [2.05, 4.69) is 31.3 Å². The minimum Gasteiger partial charge on any atom is -0.495 e. The summed E-state index contributed by atoms with van der Waals surface area (Å²) in [7, 11) is 1.70. The van der Waals surface area contributed by atoms with Crippen molar-refractivity contribution in [3.8, 4) is 11.5 Å². The van der Waals surface area contributed by atoms with Gasteiger partial charge in [0, 0.05) is 12.0 Å². The number of rotatable bonds is 3. The first-order valence-electron chi connectivity index (χ1n) is 7.26. The SMILES string of the molecule is COc1ccccc1NC1CC(C)(C)Oc2ccccc21. The Hall–Kier alpha value is -2.16. The molecular formula is C18H21NO2. The van der Waals surface area contributed by atoms with Gasteiger partial charge in [-0.15, -0.1) is 0 Å². The molecule has 0 aromatic heterocycles. The number of hydrogen-bond acceptors (Lipinski definition) is 3. The molecule has 1 N–H and O–H groups in total. The number of fused-ring (bicyclic) bond motifs is 1. The van der Waals surface area contributed by atoms with Crippen molar-refractivity contribution < 1.29 is 9.47 Å². The lowest BCUT2D eigenvalue weighted by molar-refractivity contribution is 0.0758. The number of benzene rings is 2. The van der Waals surface area contributed by atoms with Crippen molar-refractivity contribution in [1.82, 2.24) is 0 Å². The second-order valence-corrected chi connectivity index (χ2v) is 6.00. The molecule has 0 bridgehead atoms. The van der Waals surface area contributed by atoms with Gasteiger partial charge in [0.15, 0.2) is 0 Å². The predicted octanol–water partition coefficient (Wildman–Crippen LogP) is 4.41. The largest absolute Gasteiger partial charge is 0.495 e. The molecule has 0 fully saturated rings. The van der Waals surface area contributed by atoms with Crippen LogP contribution in [0.2, 0.25) is 0 Å². The second kappa shape index (κ2) is 5.32. The summed E-state index contributed by atoms with van der Waals surface area (Å²) in [6.45, 7) is 4.25. The standard InChI is InChI=1S/C18H21NO2/c1-18(2)12-15(13-8-4-6-10-16(13)21-18)19-14-9-5-7-11-17(14)20-3/h4-11,15,19H,12H2,1-3H3. The minimum atomic E-state index is -0.186. The molecule has 0 amide bonds. The lowest BCUT2D eigenvalue weighted by Crippen LogP contribution is -2.37. The lowest BCUT2D eigenvalue weighted by Gasteiger charge is -2.38. The third kappa shape index (κ3) is 2.82. The van der Waals surface area contributed by atoms with Gasteiger partial charge >= 0.3 is 0 Å². The molecule has 110 valence electrons. The van der Waals surface area contributed by atoms with Crippen molar-refractivity contribution in [2.45, 2.75) is 31.9 Å². The van der Waals surface area contributed by atoms with E-state index in [1.807, 2.05) is 36.4 Å². The van der Waals surface area contributed by atoms with Gasteiger partial charge in [0.2, 0.25) is 0 Å². The van der Waals surface area contributed by atoms with Gasteiger partial charge in [-0.3, -0.25) is 0 Å². The van der Waals surface area contributed by atoms with Crippen molar-refractivity contribution in [2.24, 2.45) is 0 Å². The Morgan fingerprint density at radius 3 is 2.62 bits per heavy atom. The highest BCUT2D eigenvalue weighted by molar-refractivity contribution is 5.58. The summed E-state index contributed by atoms with van der Waals surface area (Å²) in [6, 6.07) is 16.4. The van der Waals surface area contributed by atoms with E-state index in [0.717, 1.165) is 23.6 Å². The molecule has 3 nitrogen and oxygen atoms in total. The molecule has 3 heteroatoms. The fraction of sp³-hybridized carbons (Fsp3) is 0.333. The zero-order valence-electron chi connectivity index (χ0n) is 12.7. The molecule has 2 aromatic carbocycles. The van der Waals surface area contributed by atoms with Gasteiger partial charge < -0.3 is 14.8 Å². The first kappa shape index (κ1) is 13.8. The summed E-state index contributed by atoms with van der Waals surface area (Å²) >= 11 is 0. The number of anilines is 1. The molecule has 21 heavy (non-hydrogen) atoms. The molecule has 1 aliphatic heterocycles. The monoisotopic (exact) mass is 283 g/mol. The van der Waals surface area contributed by atoms with Crippen molar-refractivity contribution in [3.63, 3.8) is 0 Å². The maximum absolute atomic E-state index is 6.07. The Balaban J connectivity index is 1.95. The first-order valence-corrected chi connectivity index (χ1v) is 7.26. The summed E-state index contributed by atoms with van der Waals surface area (Å²) < 4.78 is 11.5. The van der Waals surface area contributed by atoms with Gasteiger partial charge in [0.1, 0.15) is 17.1 Å². The normalized spacial score (nSPS) is 19.3. The molecule has 1 heterocycles. The fourth-order valence-electron chi connectivity index (χ4n) is 2.88. The van der Waals surface area contributed by atoms with Crippen LogP contribution in [0.3, 0.4) is 0 Å². The molecule has 0 radical (unpaired) electrons. The second-order valence-electron chi connectivity index (χ2n) is 6.00. The van der Waals surface area contributed by atoms with Crippen LogP contribution in [0.25, 0.3) is 0 Å². The van der Waals surface area contributed by atoms with Gasteiger partial charge in [-0.25, -0.2) is 0 Å². The van der Waals surface area contributed by atoms with E-state index in [1.165, 1.54) is 5.56 Å². The average molecular weight is 283 g/mol. The van der Waals surface area contributed by atoms with E-state index < -0.39 is 0 Å². The van der Waals surface area contributed by atoms with Crippen LogP contribution >= 0.6 is 0 Å². The topological polar surface area (TPSA) is 30.5 Å². The van der Waals surface area contributed by atoms with Gasteiger partial charge in [0.25, 0.3) is 0 Å². The van der Waals surface area contributed by atoms with Gasteiger partial charge in [-0.2, -0.15) is 0 Å². The van der Waals surface area contributed by atoms with Gasteiger partial charge in [0.05, 0.1) is 18.8 Å². The van der Waals surface area contributed by atoms with Crippen LogP contribution in [-0.2, 0) is 0 Å². The summed E-state index contributed by atoms with van der Waals surface area (Å²) in [5, 5.41) is 3.61. The van der Waals surface area contributed by atoms with Gasteiger partial charge in [-0.05, 0) is 32.0 Å². The average Bonchev–Trinajstić information content (AvgIpc) is 2.46. The van der Waals surface area contributed by atoms with Crippen LogP contribution in [-0.4, -0.2) is 12.7 Å². The van der Waals surface area contributed by atoms with Crippen LogP contribution in [0.15, 0.2) is 48.5 Å². The van der Waals surface area contributed by atoms with Crippen molar-refractivity contribution in [1.29, 1.82) is 0 Å². The molecular weight excluding hydrogens is 262 g/mol. The molecule has 1 unspecified atom stereocenters. The molecule has 2 aromatic rings. The van der Waals surface area contributed by atoms with E-state index in [1.54, 1.807) is 7.11 Å². The Morgan fingerprint density at radius 1 is 1.10 bits per heavy atom. The van der Waals surface area contributed by atoms with Crippen molar-refractivity contribution in [2.75, 3.05) is 12.4 Å². The van der Waals surface area contributed by atoms with E-state index >= 15 is 0 Å². The maximum atomic E-state index is 6.07. The Labute approximate surface area is 125 Å². The number of para-hydroxylation sites is 3. The van der Waals surface area contributed by atoms with E-state index in [4.69, 9.17) is 9.47 Å². The number of methoxy groups -OCH3 is 1. The zero-order valence-corrected chi connectivity index (χ0v) is 12.7. The molecule has 1 atom stereocenters. The smallest absolute Gasteiger partial charge is 0.141 e. The maximum Gasteiger partial charge on any atom is 0.141 e. The summed E-state index contributed by atoms with van der Waals surface area (Å²) in [5.74, 6) is 1.82. The van der Waals surface area contributed by atoms with Gasteiger partial charge in [-0.1, -0.05) is 30.3 Å². The highest BCUT2D eigenvalue weighted by Gasteiger charge is 2.33. The highest BCUT2D eigenvalue weighted by atomic mass is 16.5. The molecule has 3 rings (SSSR count). The molecule has 1 aliphatic rings. The molecule has 0 saturated heterocycles. The van der Waals surface area contributed by atoms with Crippen molar-refractivity contribution in [3.05, 3.63) is 54.1 Å². The third-order valence-corrected chi connectivity index (χ3v) is 3.81. The number of nitrogens with one attached hydrogen (secondary N) is 1. The quantitative estimate of drug-likeness (QED) is 0.905. The van der Waals surface area contributed by atoms with Crippen LogP contribution in [0.4, 0.5) is 5.69 Å². The van der Waals surface area contributed by atoms with Crippen molar-refractivity contribution >= 4 is 5.69 Å². The Morgan fingerprint density at radius 2 is 1.81 bits per heavy atom. The molecule has 0 saturated carbocycles. The van der Waals surface area contributed by atoms with Crippen LogP contribution in [0, 0.1) is 0 Å². The summed E-state index contributed by atoms with van der Waals surface area (Å²) in [4.78, 5) is 0. The van der Waals surface area contributed by atoms with E-state index in [9.17, 15) is 0 Å². The lowest BCUT2D eigenvalue weighted by atomic mass is 9.89. The predicted molar refractivity (Wildman–Crippen MR) is 85.1 cm³/mol. The van der Waals surface area contributed by atoms with E-state index in [-0.39, 0.29) is 11.6 Å². The minimum absolute atomic E-state index is 0.186. The number of ether oxygens (including phenoxy) is 2. The third-order valence-electron chi connectivity index (χ3n) is 3.81. The van der Waals surface area contributed by atoms with Crippen LogP contribution < -0.4 is 14.8 Å². The first-order chi connectivity index (χ1) is 10.1. The van der Waals surface area contributed by atoms with Crippen LogP contribution in [0.1, 0.15) is 31.9 Å². The molecule has 0 spiro atoms. The van der Waals surface area contributed by atoms with E-state index in [0.29, 0.717) is 0 Å². The number of hydrogen-bond donors (Lipinski definition) is 1. The Kier molecular flexibility index (Phi) is 3.50. The summed E-state index contributed by atoms with van der Waals surface area (Å²) in [6.07, 6.45) is 0.905. The molecule has 0 aliphatic carbocycles. The summed E-state index contributed by atoms with van der Waals surface area (Å²) in [5.41, 5.74) is 2.02. The zero-order chi connectivity index (χ0) is 14.9. The van der Waals surface area contributed by atoms with Crippen LogP contribution in [0.5, 0.6) is 11.5 Å². The highest BCUT2D eigenvalue weighted by Crippen LogP contribution is 2.41. The fourth-order valence-corrected chi connectivity index (χ4v) is 2.88.